The first-order chi connectivity index (χ1) is 8.87. The summed E-state index contributed by atoms with van der Waals surface area (Å²) >= 11 is 0. The molecule has 1 rings (SSSR count). The van der Waals surface area contributed by atoms with Gasteiger partial charge in [0.1, 0.15) is 0 Å². The Morgan fingerprint density at radius 2 is 2.10 bits per heavy atom. The van der Waals surface area contributed by atoms with Crippen molar-refractivity contribution in [2.24, 2.45) is 22.1 Å². The predicted molar refractivity (Wildman–Crippen MR) is 96.7 cm³/mol. The highest BCUT2D eigenvalue weighted by atomic mass is 127. The van der Waals surface area contributed by atoms with Gasteiger partial charge in [0.05, 0.1) is 6.10 Å². The van der Waals surface area contributed by atoms with E-state index in [-0.39, 0.29) is 29.4 Å². The minimum Gasteiger partial charge on any atom is -0.378 e. The Bertz CT molecular complexity index is 305. The molecule has 0 aromatic rings. The van der Waals surface area contributed by atoms with E-state index in [1.807, 2.05) is 0 Å². The Morgan fingerprint density at radius 1 is 1.45 bits per heavy atom. The second-order valence-corrected chi connectivity index (χ2v) is 6.59. The number of guanidine groups is 1. The number of nitrogens with two attached hydrogens (primary N) is 1. The van der Waals surface area contributed by atoms with Gasteiger partial charge in [-0.1, -0.05) is 41.0 Å². The van der Waals surface area contributed by atoms with Crippen LogP contribution in [-0.2, 0) is 4.74 Å². The Balaban J connectivity index is 0.00000361. The van der Waals surface area contributed by atoms with Crippen molar-refractivity contribution < 1.29 is 4.74 Å². The number of halogens is 1. The van der Waals surface area contributed by atoms with Gasteiger partial charge in [0, 0.05) is 24.6 Å². The topological polar surface area (TPSA) is 59.6 Å². The SMILES string of the molecule is CCCCOC1CC(NC(N)=NCC(C)C)C1(C)C.I. The van der Waals surface area contributed by atoms with Crippen LogP contribution in [0.2, 0.25) is 0 Å². The van der Waals surface area contributed by atoms with Gasteiger partial charge < -0.3 is 15.8 Å². The van der Waals surface area contributed by atoms with Gasteiger partial charge in [-0.2, -0.15) is 0 Å². The highest BCUT2D eigenvalue weighted by molar-refractivity contribution is 14.0. The maximum atomic E-state index is 5.92. The predicted octanol–water partition coefficient (Wildman–Crippen LogP) is 3.15. The van der Waals surface area contributed by atoms with E-state index in [1.54, 1.807) is 0 Å². The van der Waals surface area contributed by atoms with Crippen LogP contribution in [0.3, 0.4) is 0 Å². The van der Waals surface area contributed by atoms with Gasteiger partial charge in [0.2, 0.25) is 0 Å². The quantitative estimate of drug-likeness (QED) is 0.300. The molecule has 0 aromatic heterocycles. The first-order valence-corrected chi connectivity index (χ1v) is 7.56. The first kappa shape index (κ1) is 20.0. The van der Waals surface area contributed by atoms with Crippen LogP contribution in [0.4, 0.5) is 0 Å². The molecule has 4 nitrogen and oxygen atoms in total. The molecule has 2 atom stereocenters. The van der Waals surface area contributed by atoms with Gasteiger partial charge in [0.15, 0.2) is 5.96 Å². The van der Waals surface area contributed by atoms with Crippen LogP contribution in [0.15, 0.2) is 4.99 Å². The van der Waals surface area contributed by atoms with Crippen LogP contribution < -0.4 is 11.1 Å². The smallest absolute Gasteiger partial charge is 0.188 e. The average molecular weight is 397 g/mol. The molecule has 0 amide bonds. The Hall–Kier alpha value is -0.0400. The van der Waals surface area contributed by atoms with Crippen LogP contribution in [0.25, 0.3) is 0 Å². The van der Waals surface area contributed by atoms with Crippen molar-refractivity contribution in [2.45, 2.75) is 66.0 Å². The lowest BCUT2D eigenvalue weighted by atomic mass is 9.64. The van der Waals surface area contributed by atoms with E-state index in [0.29, 0.717) is 24.0 Å². The second kappa shape index (κ2) is 9.07. The summed E-state index contributed by atoms with van der Waals surface area (Å²) in [6, 6.07) is 0.370. The van der Waals surface area contributed by atoms with Crippen molar-refractivity contribution in [1.29, 1.82) is 0 Å². The number of hydrogen-bond donors (Lipinski definition) is 2. The van der Waals surface area contributed by atoms with Gasteiger partial charge >= 0.3 is 0 Å². The summed E-state index contributed by atoms with van der Waals surface area (Å²) in [4.78, 5) is 4.35. The largest absolute Gasteiger partial charge is 0.378 e. The highest BCUT2D eigenvalue weighted by Crippen LogP contribution is 2.42. The molecule has 1 aliphatic rings. The molecule has 3 N–H and O–H groups in total. The van der Waals surface area contributed by atoms with E-state index >= 15 is 0 Å². The number of nitrogens with one attached hydrogen (secondary N) is 1. The Labute approximate surface area is 141 Å². The van der Waals surface area contributed by atoms with Crippen molar-refractivity contribution in [1.82, 2.24) is 5.32 Å². The molecule has 0 radical (unpaired) electrons. The molecule has 0 saturated heterocycles. The van der Waals surface area contributed by atoms with E-state index in [2.05, 4.69) is 44.9 Å². The van der Waals surface area contributed by atoms with Crippen molar-refractivity contribution in [3.63, 3.8) is 0 Å². The maximum Gasteiger partial charge on any atom is 0.188 e. The van der Waals surface area contributed by atoms with Crippen molar-refractivity contribution in [3.8, 4) is 0 Å². The summed E-state index contributed by atoms with van der Waals surface area (Å²) in [6.07, 6.45) is 3.69. The molecule has 0 bridgehead atoms. The molecular weight excluding hydrogens is 365 g/mol. The van der Waals surface area contributed by atoms with Crippen LogP contribution >= 0.6 is 24.0 Å². The molecule has 0 heterocycles. The minimum absolute atomic E-state index is 0. The highest BCUT2D eigenvalue weighted by Gasteiger charge is 2.49. The third-order valence-electron chi connectivity index (χ3n) is 3.94. The van der Waals surface area contributed by atoms with Crippen molar-refractivity contribution in [2.75, 3.05) is 13.2 Å². The maximum absolute atomic E-state index is 5.92. The molecule has 0 spiro atoms. The van der Waals surface area contributed by atoms with Gasteiger partial charge in [-0.3, -0.25) is 4.99 Å². The molecule has 1 aliphatic carbocycles. The van der Waals surface area contributed by atoms with Gasteiger partial charge in [-0.25, -0.2) is 0 Å². The number of aliphatic imine (C=N–C) groups is 1. The van der Waals surface area contributed by atoms with Gasteiger partial charge in [-0.05, 0) is 18.8 Å². The number of unbranched alkanes of at least 4 members (excludes halogenated alkanes) is 1. The second-order valence-electron chi connectivity index (χ2n) is 6.59. The lowest BCUT2D eigenvalue weighted by Crippen LogP contribution is -2.63. The third-order valence-corrected chi connectivity index (χ3v) is 3.94. The summed E-state index contributed by atoms with van der Waals surface area (Å²) in [5, 5.41) is 3.33. The summed E-state index contributed by atoms with van der Waals surface area (Å²) in [5.41, 5.74) is 6.05. The van der Waals surface area contributed by atoms with Crippen LogP contribution in [0, 0.1) is 11.3 Å². The molecule has 1 saturated carbocycles. The lowest BCUT2D eigenvalue weighted by molar-refractivity contribution is -0.113. The standard InChI is InChI=1S/C15H31N3O.HI/c1-6-7-8-19-13-9-12(15(13,4)5)18-14(16)17-10-11(2)3;/h11-13H,6-10H2,1-5H3,(H3,16,17,18);1H. The average Bonchev–Trinajstić information content (AvgIpc) is 2.34. The van der Waals surface area contributed by atoms with E-state index in [0.717, 1.165) is 26.0 Å². The Kier molecular flexibility index (Phi) is 9.06. The zero-order chi connectivity index (χ0) is 14.5. The molecule has 120 valence electrons. The molecular formula is C15H32IN3O. The monoisotopic (exact) mass is 397 g/mol. The number of nitrogens with zero attached hydrogens (tertiary/aromatic N) is 1. The fourth-order valence-electron chi connectivity index (χ4n) is 2.29. The molecule has 2 unspecified atom stereocenters. The lowest BCUT2D eigenvalue weighted by Gasteiger charge is -2.51. The summed E-state index contributed by atoms with van der Waals surface area (Å²) in [7, 11) is 0. The van der Waals surface area contributed by atoms with Crippen LogP contribution in [-0.4, -0.2) is 31.3 Å². The normalized spacial score (nSPS) is 25.0. The third kappa shape index (κ3) is 5.76. The molecule has 1 fully saturated rings. The number of hydrogen-bond acceptors (Lipinski definition) is 2. The van der Waals surface area contributed by atoms with E-state index in [1.165, 1.54) is 6.42 Å². The molecule has 0 aromatic carbocycles. The summed E-state index contributed by atoms with van der Waals surface area (Å²) in [5.74, 6) is 1.11. The molecule has 0 aliphatic heterocycles. The van der Waals surface area contributed by atoms with Gasteiger partial charge in [-0.15, -0.1) is 24.0 Å². The molecule has 5 heteroatoms. The minimum atomic E-state index is 0. The van der Waals surface area contributed by atoms with Crippen molar-refractivity contribution in [3.05, 3.63) is 0 Å². The van der Waals surface area contributed by atoms with E-state index in [9.17, 15) is 0 Å². The number of rotatable bonds is 7. The molecule has 20 heavy (non-hydrogen) atoms. The summed E-state index contributed by atoms with van der Waals surface area (Å²) in [6.45, 7) is 12.6. The fourth-order valence-corrected chi connectivity index (χ4v) is 2.29. The summed E-state index contributed by atoms with van der Waals surface area (Å²) < 4.78 is 5.92. The zero-order valence-corrected chi connectivity index (χ0v) is 15.9. The van der Waals surface area contributed by atoms with Gasteiger partial charge in [0.25, 0.3) is 0 Å². The Morgan fingerprint density at radius 3 is 2.60 bits per heavy atom. The van der Waals surface area contributed by atoms with Crippen LogP contribution in [0.1, 0.15) is 53.9 Å². The van der Waals surface area contributed by atoms with E-state index in [4.69, 9.17) is 10.5 Å². The van der Waals surface area contributed by atoms with Crippen molar-refractivity contribution >= 4 is 29.9 Å². The van der Waals surface area contributed by atoms with E-state index < -0.39 is 0 Å². The first-order valence-electron chi connectivity index (χ1n) is 7.56. The fraction of sp³-hybridized carbons (Fsp3) is 0.933. The van der Waals surface area contributed by atoms with Crippen LogP contribution in [0.5, 0.6) is 0 Å². The number of ether oxygens (including phenoxy) is 1. The zero-order valence-electron chi connectivity index (χ0n) is 13.6.